The number of nitrogens with one attached hydrogen (secondary N) is 1. The van der Waals surface area contributed by atoms with Gasteiger partial charge in [-0.2, -0.15) is 0 Å². The molecule has 2 aliphatic heterocycles. The molecule has 0 bridgehead atoms. The van der Waals surface area contributed by atoms with Gasteiger partial charge in [0, 0.05) is 30.2 Å². The van der Waals surface area contributed by atoms with Crippen LogP contribution < -0.4 is 5.32 Å². The van der Waals surface area contributed by atoms with Crippen LogP contribution in [0.4, 0.5) is 0 Å². The number of nitrogens with zero attached hydrogens (tertiary/aromatic N) is 1. The number of hydrogen-bond donors (Lipinski definition) is 1. The van der Waals surface area contributed by atoms with Crippen LogP contribution in [0.2, 0.25) is 0 Å². The average Bonchev–Trinajstić information content (AvgIpc) is 3.05. The lowest BCUT2D eigenvalue weighted by Crippen LogP contribution is -2.33. The molecular weight excluding hydrogens is 284 g/mol. The Morgan fingerprint density at radius 2 is 2.00 bits per heavy atom. The topological polar surface area (TPSA) is 32.1 Å². The minimum atomic E-state index is 0.553. The number of carbonyl (C=O) groups excluding carboxylic acids is 1. The Morgan fingerprint density at radius 3 is 2.70 bits per heavy atom. The van der Waals surface area contributed by atoms with Crippen LogP contribution in [0.5, 0.6) is 0 Å². The summed E-state index contributed by atoms with van der Waals surface area (Å²) in [6.45, 7) is 4.85. The molecule has 4 rings (SSSR count). The van der Waals surface area contributed by atoms with Crippen LogP contribution in [0.25, 0.3) is 0 Å². The Balaban J connectivity index is 1.35. The quantitative estimate of drug-likeness (QED) is 0.646. The van der Waals surface area contributed by atoms with E-state index in [1.807, 2.05) is 12.1 Å². The van der Waals surface area contributed by atoms with E-state index in [0.29, 0.717) is 12.0 Å². The molecule has 5 atom stereocenters. The summed E-state index contributed by atoms with van der Waals surface area (Å²) in [5.74, 6) is 1.38. The van der Waals surface area contributed by atoms with E-state index in [4.69, 9.17) is 0 Å². The number of carbonyl (C=O) groups is 1. The third-order valence-electron chi connectivity index (χ3n) is 6.40. The summed E-state index contributed by atoms with van der Waals surface area (Å²) in [7, 11) is 0. The molecule has 1 aliphatic carbocycles. The minimum absolute atomic E-state index is 0.553. The molecule has 1 aromatic carbocycles. The summed E-state index contributed by atoms with van der Waals surface area (Å²) in [6.07, 6.45) is 7.83. The SMILES string of the molecule is CC(c1ccc(C=O)cc1)C1CC(CNC2CCCC2)C2CN21. The Labute approximate surface area is 139 Å². The second kappa shape index (κ2) is 6.37. The predicted molar refractivity (Wildman–Crippen MR) is 92.9 cm³/mol. The molecule has 1 saturated carbocycles. The second-order valence-electron chi connectivity index (χ2n) is 7.79. The maximum Gasteiger partial charge on any atom is 0.150 e. The first-order valence-electron chi connectivity index (χ1n) is 9.30. The molecule has 1 aromatic rings. The second-order valence-corrected chi connectivity index (χ2v) is 7.79. The summed E-state index contributed by atoms with van der Waals surface area (Å²) in [5, 5.41) is 3.83. The van der Waals surface area contributed by atoms with Crippen molar-refractivity contribution in [2.24, 2.45) is 5.92 Å². The van der Waals surface area contributed by atoms with Gasteiger partial charge in [0.15, 0.2) is 0 Å². The monoisotopic (exact) mass is 312 g/mol. The molecule has 0 aromatic heterocycles. The molecule has 3 aliphatic rings. The van der Waals surface area contributed by atoms with Gasteiger partial charge in [0.05, 0.1) is 0 Å². The van der Waals surface area contributed by atoms with Gasteiger partial charge in [-0.3, -0.25) is 9.69 Å². The molecule has 3 nitrogen and oxygen atoms in total. The maximum absolute atomic E-state index is 10.8. The first kappa shape index (κ1) is 15.3. The first-order valence-corrected chi connectivity index (χ1v) is 9.30. The van der Waals surface area contributed by atoms with Crippen LogP contribution in [-0.4, -0.2) is 42.4 Å². The van der Waals surface area contributed by atoms with Gasteiger partial charge in [0.1, 0.15) is 6.29 Å². The standard InChI is InChI=1S/C20H28N2O/c1-14(16-8-6-15(13-23)7-9-16)19-10-17(20-12-22(19)20)11-21-18-4-2-3-5-18/h6-9,13-14,17-21H,2-5,10-12H2,1H3. The highest BCUT2D eigenvalue weighted by molar-refractivity contribution is 5.74. The van der Waals surface area contributed by atoms with E-state index >= 15 is 0 Å². The van der Waals surface area contributed by atoms with Gasteiger partial charge < -0.3 is 5.32 Å². The Kier molecular flexibility index (Phi) is 4.25. The summed E-state index contributed by atoms with van der Waals surface area (Å²) >= 11 is 0. The molecule has 5 unspecified atom stereocenters. The predicted octanol–water partition coefficient (Wildman–Crippen LogP) is 3.21. The zero-order chi connectivity index (χ0) is 15.8. The number of piperidine rings is 1. The largest absolute Gasteiger partial charge is 0.314 e. The molecule has 124 valence electrons. The summed E-state index contributed by atoms with van der Waals surface area (Å²) < 4.78 is 0. The lowest BCUT2D eigenvalue weighted by molar-refractivity contribution is 0.112. The molecule has 3 fully saturated rings. The fourth-order valence-electron chi connectivity index (χ4n) is 4.83. The summed E-state index contributed by atoms with van der Waals surface area (Å²) in [6, 6.07) is 10.5. The Hall–Kier alpha value is -1.19. The van der Waals surface area contributed by atoms with E-state index in [-0.39, 0.29) is 0 Å². The lowest BCUT2D eigenvalue weighted by Gasteiger charge is -2.24. The third kappa shape index (κ3) is 3.09. The third-order valence-corrected chi connectivity index (χ3v) is 6.40. The van der Waals surface area contributed by atoms with E-state index in [1.54, 1.807) is 0 Å². The van der Waals surface area contributed by atoms with Crippen molar-refractivity contribution in [2.75, 3.05) is 13.1 Å². The molecular formula is C20H28N2O. The van der Waals surface area contributed by atoms with Crippen LogP contribution in [0.1, 0.15) is 60.9 Å². The van der Waals surface area contributed by atoms with Crippen LogP contribution in [-0.2, 0) is 0 Å². The van der Waals surface area contributed by atoms with Crippen LogP contribution in [0, 0.1) is 5.92 Å². The van der Waals surface area contributed by atoms with Crippen molar-refractivity contribution >= 4 is 6.29 Å². The molecule has 0 amide bonds. The highest BCUT2D eigenvalue weighted by Crippen LogP contribution is 2.45. The maximum atomic E-state index is 10.8. The zero-order valence-corrected chi connectivity index (χ0v) is 14.1. The van der Waals surface area contributed by atoms with Crippen molar-refractivity contribution in [3.05, 3.63) is 35.4 Å². The molecule has 2 heterocycles. The van der Waals surface area contributed by atoms with E-state index in [0.717, 1.165) is 29.9 Å². The normalized spacial score (nSPS) is 34.3. The average molecular weight is 312 g/mol. The Bertz CT molecular complexity index is 549. The van der Waals surface area contributed by atoms with Crippen molar-refractivity contribution in [1.29, 1.82) is 0 Å². The smallest absolute Gasteiger partial charge is 0.150 e. The highest BCUT2D eigenvalue weighted by atomic mass is 16.1. The van der Waals surface area contributed by atoms with E-state index in [2.05, 4.69) is 29.3 Å². The van der Waals surface area contributed by atoms with Crippen molar-refractivity contribution in [2.45, 2.75) is 63.1 Å². The fourth-order valence-corrected chi connectivity index (χ4v) is 4.83. The van der Waals surface area contributed by atoms with Crippen molar-refractivity contribution in [1.82, 2.24) is 10.2 Å². The van der Waals surface area contributed by atoms with Crippen molar-refractivity contribution in [3.8, 4) is 0 Å². The number of benzene rings is 1. The van der Waals surface area contributed by atoms with Crippen molar-refractivity contribution < 1.29 is 4.79 Å². The summed E-state index contributed by atoms with van der Waals surface area (Å²) in [4.78, 5) is 13.5. The van der Waals surface area contributed by atoms with Crippen LogP contribution in [0.3, 0.4) is 0 Å². The van der Waals surface area contributed by atoms with Gasteiger partial charge in [0.25, 0.3) is 0 Å². The van der Waals surface area contributed by atoms with Gasteiger partial charge >= 0.3 is 0 Å². The lowest BCUT2D eigenvalue weighted by atomic mass is 9.87. The molecule has 1 N–H and O–H groups in total. The van der Waals surface area contributed by atoms with Gasteiger partial charge in [0.2, 0.25) is 0 Å². The molecule has 0 radical (unpaired) electrons. The van der Waals surface area contributed by atoms with Crippen molar-refractivity contribution in [3.63, 3.8) is 0 Å². The van der Waals surface area contributed by atoms with E-state index < -0.39 is 0 Å². The zero-order valence-electron chi connectivity index (χ0n) is 14.1. The van der Waals surface area contributed by atoms with Gasteiger partial charge in [-0.1, -0.05) is 44.0 Å². The molecule has 0 spiro atoms. The molecule has 2 saturated heterocycles. The molecule has 3 heteroatoms. The van der Waals surface area contributed by atoms with Gasteiger partial charge in [-0.15, -0.1) is 0 Å². The Morgan fingerprint density at radius 1 is 1.26 bits per heavy atom. The number of fused-ring (bicyclic) bond motifs is 1. The fraction of sp³-hybridized carbons (Fsp3) is 0.650. The number of rotatable bonds is 6. The highest BCUT2D eigenvalue weighted by Gasteiger charge is 2.53. The van der Waals surface area contributed by atoms with E-state index in [1.165, 1.54) is 50.8 Å². The number of aldehydes is 1. The minimum Gasteiger partial charge on any atom is -0.314 e. The van der Waals surface area contributed by atoms with Crippen LogP contribution in [0.15, 0.2) is 24.3 Å². The molecule has 23 heavy (non-hydrogen) atoms. The van der Waals surface area contributed by atoms with Gasteiger partial charge in [-0.05, 0) is 43.2 Å². The first-order chi connectivity index (χ1) is 11.3. The summed E-state index contributed by atoms with van der Waals surface area (Å²) in [5.41, 5.74) is 2.14. The number of hydrogen-bond acceptors (Lipinski definition) is 3. The van der Waals surface area contributed by atoms with Crippen LogP contribution >= 0.6 is 0 Å². The van der Waals surface area contributed by atoms with E-state index in [9.17, 15) is 4.79 Å². The van der Waals surface area contributed by atoms with Gasteiger partial charge in [-0.25, -0.2) is 0 Å².